The van der Waals surface area contributed by atoms with Gasteiger partial charge >= 0.3 is 0 Å². The second-order valence-corrected chi connectivity index (χ2v) is 7.12. The van der Waals surface area contributed by atoms with E-state index in [4.69, 9.17) is 21.7 Å². The first kappa shape index (κ1) is 19.5. The Morgan fingerprint density at radius 3 is 2.19 bits per heavy atom. The van der Waals surface area contributed by atoms with Crippen molar-refractivity contribution in [3.05, 3.63) is 52.6 Å². The molecule has 144 valence electrons. The lowest BCUT2D eigenvalue weighted by Gasteiger charge is -2.32. The topological polar surface area (TPSA) is 33.7 Å². The fraction of sp³-hybridized carbons (Fsp3) is 0.409. The number of aryl methyl sites for hydroxylation is 2. The zero-order chi connectivity index (χ0) is 19.4. The summed E-state index contributed by atoms with van der Waals surface area (Å²) in [6.07, 6.45) is 2.91. The number of methoxy groups -OCH3 is 2. The summed E-state index contributed by atoms with van der Waals surface area (Å²) in [6.45, 7) is 6.03. The van der Waals surface area contributed by atoms with Gasteiger partial charge in [-0.1, -0.05) is 32.0 Å². The number of fused-ring (bicyclic) bond motifs is 1. The van der Waals surface area contributed by atoms with Crippen LogP contribution in [0.15, 0.2) is 30.3 Å². The quantitative estimate of drug-likeness (QED) is 0.763. The number of benzene rings is 2. The van der Waals surface area contributed by atoms with Crippen LogP contribution in [0.1, 0.15) is 36.1 Å². The number of thiocarbonyl (C=S) groups is 1. The Hall–Kier alpha value is -2.27. The van der Waals surface area contributed by atoms with E-state index in [0.29, 0.717) is 0 Å². The van der Waals surface area contributed by atoms with Crippen LogP contribution in [0, 0.1) is 0 Å². The predicted molar refractivity (Wildman–Crippen MR) is 115 cm³/mol. The van der Waals surface area contributed by atoms with Crippen molar-refractivity contribution in [1.82, 2.24) is 4.90 Å². The summed E-state index contributed by atoms with van der Waals surface area (Å²) in [6, 6.07) is 10.6. The minimum Gasteiger partial charge on any atom is -0.493 e. The Morgan fingerprint density at radius 2 is 1.63 bits per heavy atom. The summed E-state index contributed by atoms with van der Waals surface area (Å²) in [4.78, 5) is 2.23. The smallest absolute Gasteiger partial charge is 0.173 e. The van der Waals surface area contributed by atoms with Crippen molar-refractivity contribution in [2.45, 2.75) is 39.7 Å². The summed E-state index contributed by atoms with van der Waals surface area (Å²) in [5, 5.41) is 4.32. The number of nitrogens with one attached hydrogen (secondary N) is 1. The normalized spacial score (nSPS) is 13.1. The van der Waals surface area contributed by atoms with Crippen LogP contribution in [-0.4, -0.2) is 30.8 Å². The third kappa shape index (κ3) is 4.03. The van der Waals surface area contributed by atoms with Gasteiger partial charge in [-0.15, -0.1) is 0 Å². The minimum atomic E-state index is 0.765. The number of anilines is 1. The van der Waals surface area contributed by atoms with Crippen molar-refractivity contribution in [3.63, 3.8) is 0 Å². The summed E-state index contributed by atoms with van der Waals surface area (Å²) >= 11 is 5.77. The van der Waals surface area contributed by atoms with Gasteiger partial charge < -0.3 is 19.7 Å². The molecule has 2 aromatic carbocycles. The molecule has 0 saturated heterocycles. The number of ether oxygens (including phenoxy) is 2. The molecule has 1 N–H and O–H groups in total. The van der Waals surface area contributed by atoms with Crippen molar-refractivity contribution in [2.24, 2.45) is 0 Å². The lowest BCUT2D eigenvalue weighted by molar-refractivity contribution is 0.348. The molecule has 0 unspecified atom stereocenters. The van der Waals surface area contributed by atoms with Crippen LogP contribution in [0.3, 0.4) is 0 Å². The Bertz CT molecular complexity index is 813. The van der Waals surface area contributed by atoms with Crippen LogP contribution in [0.25, 0.3) is 0 Å². The highest BCUT2D eigenvalue weighted by Crippen LogP contribution is 2.33. The molecule has 0 saturated carbocycles. The van der Waals surface area contributed by atoms with Crippen molar-refractivity contribution >= 4 is 23.0 Å². The first-order chi connectivity index (χ1) is 13.1. The molecule has 0 radical (unpaired) electrons. The van der Waals surface area contributed by atoms with Crippen molar-refractivity contribution < 1.29 is 9.47 Å². The number of hydrogen-bond donors (Lipinski definition) is 1. The van der Waals surface area contributed by atoms with E-state index in [-0.39, 0.29) is 0 Å². The molecule has 2 aromatic rings. The SMILES string of the molecule is CCc1cccc(CC)c1NC(=S)N1CCc2cc(OC)c(OC)cc2C1. The third-order valence-electron chi connectivity index (χ3n) is 5.24. The van der Waals surface area contributed by atoms with Gasteiger partial charge in [0.15, 0.2) is 16.6 Å². The Balaban J connectivity index is 1.81. The van der Waals surface area contributed by atoms with Gasteiger partial charge in [0.05, 0.1) is 14.2 Å². The zero-order valence-electron chi connectivity index (χ0n) is 16.6. The standard InChI is InChI=1S/C22H28N2O2S/c1-5-15-8-7-9-16(6-2)21(15)23-22(27)24-11-10-17-12-19(25-3)20(26-4)13-18(17)14-24/h7-9,12-13H,5-6,10-11,14H2,1-4H3,(H,23,27). The van der Waals surface area contributed by atoms with E-state index < -0.39 is 0 Å². The van der Waals surface area contributed by atoms with E-state index in [2.05, 4.69) is 54.4 Å². The average molecular weight is 385 g/mol. The van der Waals surface area contributed by atoms with Gasteiger partial charge in [-0.05, 0) is 65.9 Å². The molecule has 0 aromatic heterocycles. The van der Waals surface area contributed by atoms with Gasteiger partial charge in [-0.25, -0.2) is 0 Å². The van der Waals surface area contributed by atoms with E-state index in [1.807, 2.05) is 0 Å². The fourth-order valence-corrected chi connectivity index (χ4v) is 3.90. The highest BCUT2D eigenvalue weighted by molar-refractivity contribution is 7.80. The molecular formula is C22H28N2O2S. The summed E-state index contributed by atoms with van der Waals surface area (Å²) in [5.41, 5.74) is 6.32. The molecule has 0 atom stereocenters. The van der Waals surface area contributed by atoms with E-state index in [1.54, 1.807) is 14.2 Å². The number of hydrogen-bond acceptors (Lipinski definition) is 3. The van der Waals surface area contributed by atoms with Gasteiger partial charge in [0.25, 0.3) is 0 Å². The van der Waals surface area contributed by atoms with Crippen molar-refractivity contribution in [2.75, 3.05) is 26.1 Å². The summed E-state index contributed by atoms with van der Waals surface area (Å²) in [7, 11) is 3.35. The fourth-order valence-electron chi connectivity index (χ4n) is 3.65. The van der Waals surface area contributed by atoms with Crippen molar-refractivity contribution in [1.29, 1.82) is 0 Å². The number of nitrogens with zero attached hydrogens (tertiary/aromatic N) is 1. The lowest BCUT2D eigenvalue weighted by Crippen LogP contribution is -2.39. The lowest BCUT2D eigenvalue weighted by atomic mass is 9.99. The van der Waals surface area contributed by atoms with E-state index in [9.17, 15) is 0 Å². The molecule has 1 aliphatic heterocycles. The van der Waals surface area contributed by atoms with Gasteiger partial charge in [0.2, 0.25) is 0 Å². The maximum atomic E-state index is 5.77. The molecule has 0 fully saturated rings. The number of para-hydroxylation sites is 1. The molecule has 1 heterocycles. The average Bonchev–Trinajstić information content (AvgIpc) is 2.72. The maximum absolute atomic E-state index is 5.77. The zero-order valence-corrected chi connectivity index (χ0v) is 17.4. The molecule has 0 aliphatic carbocycles. The van der Waals surface area contributed by atoms with Crippen LogP contribution in [0.4, 0.5) is 5.69 Å². The molecule has 4 nitrogen and oxygen atoms in total. The third-order valence-corrected chi connectivity index (χ3v) is 5.60. The number of rotatable bonds is 5. The van der Waals surface area contributed by atoms with Gasteiger partial charge in [0.1, 0.15) is 0 Å². The van der Waals surface area contributed by atoms with Gasteiger partial charge in [-0.3, -0.25) is 0 Å². The second-order valence-electron chi connectivity index (χ2n) is 6.74. The van der Waals surface area contributed by atoms with Crippen LogP contribution in [0.2, 0.25) is 0 Å². The molecule has 1 aliphatic rings. The molecule has 0 amide bonds. The highest BCUT2D eigenvalue weighted by Gasteiger charge is 2.22. The van der Waals surface area contributed by atoms with Crippen LogP contribution >= 0.6 is 12.2 Å². The van der Waals surface area contributed by atoms with Crippen LogP contribution in [0.5, 0.6) is 11.5 Å². The molecular weight excluding hydrogens is 356 g/mol. The molecule has 5 heteroatoms. The minimum absolute atomic E-state index is 0.765. The predicted octanol–water partition coefficient (Wildman–Crippen LogP) is 4.58. The Kier molecular flexibility index (Phi) is 6.22. The van der Waals surface area contributed by atoms with Crippen LogP contribution < -0.4 is 14.8 Å². The Morgan fingerprint density at radius 1 is 1.04 bits per heavy atom. The van der Waals surface area contributed by atoms with E-state index in [0.717, 1.165) is 49.0 Å². The van der Waals surface area contributed by atoms with E-state index >= 15 is 0 Å². The molecule has 0 bridgehead atoms. The second kappa shape index (κ2) is 8.61. The Labute approximate surface area is 167 Å². The monoisotopic (exact) mass is 384 g/mol. The van der Waals surface area contributed by atoms with Crippen LogP contribution in [-0.2, 0) is 25.8 Å². The highest BCUT2D eigenvalue weighted by atomic mass is 32.1. The maximum Gasteiger partial charge on any atom is 0.173 e. The van der Waals surface area contributed by atoms with E-state index in [1.165, 1.54) is 27.9 Å². The van der Waals surface area contributed by atoms with Gasteiger partial charge in [0, 0.05) is 18.8 Å². The summed E-state index contributed by atoms with van der Waals surface area (Å²) in [5.74, 6) is 1.55. The first-order valence-electron chi connectivity index (χ1n) is 9.51. The van der Waals surface area contributed by atoms with Gasteiger partial charge in [-0.2, -0.15) is 0 Å². The first-order valence-corrected chi connectivity index (χ1v) is 9.92. The largest absolute Gasteiger partial charge is 0.493 e. The summed E-state index contributed by atoms with van der Waals surface area (Å²) < 4.78 is 10.9. The van der Waals surface area contributed by atoms with Crippen molar-refractivity contribution in [3.8, 4) is 11.5 Å². The molecule has 27 heavy (non-hydrogen) atoms. The molecule has 0 spiro atoms. The molecule has 3 rings (SSSR count).